The minimum Gasteiger partial charge on any atom is -0.497 e. The van der Waals surface area contributed by atoms with Gasteiger partial charge in [-0.25, -0.2) is 8.42 Å². The number of rotatable bonds is 8. The monoisotopic (exact) mass is 413 g/mol. The molecule has 1 aliphatic heterocycles. The molecule has 2 aromatic rings. The lowest BCUT2D eigenvalue weighted by molar-refractivity contribution is 0.324. The van der Waals surface area contributed by atoms with E-state index < -0.39 is 10.0 Å². The fraction of sp³-hybridized carbons (Fsp3) is 0.318. The molecule has 154 valence electrons. The standard InChI is InChI=1S/C22H27N3O3S/c1-17-21(19-10-12-20(28-3)13-11-19)29(26,27)24-22(17)23-14-7-15-25(2)16-18-8-5-4-6-9-18/h4-6,8-13H,7,14-16H2,1-3H3,(H,23,24). The second-order valence-corrected chi connectivity index (χ2v) is 8.71. The highest BCUT2D eigenvalue weighted by atomic mass is 32.2. The zero-order valence-corrected chi connectivity index (χ0v) is 17.9. The molecule has 29 heavy (non-hydrogen) atoms. The van der Waals surface area contributed by atoms with Crippen LogP contribution in [0.1, 0.15) is 24.5 Å². The van der Waals surface area contributed by atoms with Gasteiger partial charge in [0.1, 0.15) is 16.5 Å². The summed E-state index contributed by atoms with van der Waals surface area (Å²) in [5, 5.41) is 0. The fourth-order valence-corrected chi connectivity index (χ4v) is 4.85. The summed E-state index contributed by atoms with van der Waals surface area (Å²) in [6, 6.07) is 17.3. The molecule has 6 nitrogen and oxygen atoms in total. The Hall–Kier alpha value is -2.64. The molecule has 0 radical (unpaired) electrons. The number of nitrogens with zero attached hydrogens (tertiary/aromatic N) is 2. The summed E-state index contributed by atoms with van der Waals surface area (Å²) < 4.78 is 32.9. The zero-order valence-electron chi connectivity index (χ0n) is 17.1. The molecule has 0 bridgehead atoms. The minimum atomic E-state index is -3.60. The quantitative estimate of drug-likeness (QED) is 0.674. The second-order valence-electron chi connectivity index (χ2n) is 7.10. The summed E-state index contributed by atoms with van der Waals surface area (Å²) >= 11 is 0. The van der Waals surface area contributed by atoms with Crippen molar-refractivity contribution in [3.8, 4) is 5.75 Å². The maximum atomic E-state index is 12.6. The van der Waals surface area contributed by atoms with Crippen molar-refractivity contribution < 1.29 is 13.2 Å². The summed E-state index contributed by atoms with van der Waals surface area (Å²) in [7, 11) is 0.0489. The molecule has 0 saturated heterocycles. The molecule has 0 fully saturated rings. The maximum Gasteiger partial charge on any atom is 0.264 e. The third-order valence-corrected chi connectivity index (χ3v) is 6.35. The lowest BCUT2D eigenvalue weighted by atomic mass is 10.1. The first-order valence-electron chi connectivity index (χ1n) is 9.56. The Morgan fingerprint density at radius 2 is 1.76 bits per heavy atom. The van der Waals surface area contributed by atoms with E-state index in [-0.39, 0.29) is 4.91 Å². The predicted octanol–water partition coefficient (Wildman–Crippen LogP) is 3.28. The topological polar surface area (TPSA) is 71.0 Å². The van der Waals surface area contributed by atoms with Crippen LogP contribution in [0.2, 0.25) is 0 Å². The molecule has 0 spiro atoms. The molecule has 7 heteroatoms. The van der Waals surface area contributed by atoms with Crippen LogP contribution in [0.5, 0.6) is 5.75 Å². The molecule has 2 aromatic carbocycles. The van der Waals surface area contributed by atoms with Crippen LogP contribution in [0.3, 0.4) is 0 Å². The Kier molecular flexibility index (Phi) is 6.71. The van der Waals surface area contributed by atoms with Crippen molar-refractivity contribution in [2.75, 3.05) is 27.2 Å². The average molecular weight is 414 g/mol. The van der Waals surface area contributed by atoms with Gasteiger partial charge in [0.05, 0.1) is 7.11 Å². The Bertz CT molecular complexity index is 997. The third kappa shape index (κ3) is 5.25. The van der Waals surface area contributed by atoms with Crippen molar-refractivity contribution in [1.29, 1.82) is 0 Å². The van der Waals surface area contributed by atoms with Crippen molar-refractivity contribution in [3.63, 3.8) is 0 Å². The van der Waals surface area contributed by atoms with Crippen LogP contribution in [0.4, 0.5) is 0 Å². The number of hydrogen-bond acceptors (Lipinski definition) is 5. The van der Waals surface area contributed by atoms with Crippen molar-refractivity contribution in [3.05, 3.63) is 71.3 Å². The van der Waals surface area contributed by atoms with Gasteiger partial charge in [-0.3, -0.25) is 9.71 Å². The number of benzene rings is 2. The Labute approximate surface area is 173 Å². The summed E-state index contributed by atoms with van der Waals surface area (Å²) in [6.45, 7) is 4.11. The zero-order chi connectivity index (χ0) is 20.9. The normalized spacial score (nSPS) is 17.0. The molecule has 1 aliphatic rings. The Morgan fingerprint density at radius 1 is 1.07 bits per heavy atom. The van der Waals surface area contributed by atoms with E-state index in [0.29, 0.717) is 29.3 Å². The summed E-state index contributed by atoms with van der Waals surface area (Å²) in [5.41, 5.74) is 2.55. The first kappa shape index (κ1) is 21.1. The first-order valence-corrected chi connectivity index (χ1v) is 11.0. The average Bonchev–Trinajstić information content (AvgIpc) is 2.94. The van der Waals surface area contributed by atoms with Crippen LogP contribution >= 0.6 is 0 Å². The van der Waals surface area contributed by atoms with E-state index in [0.717, 1.165) is 19.5 Å². The smallest absolute Gasteiger partial charge is 0.264 e. The van der Waals surface area contributed by atoms with E-state index in [1.165, 1.54) is 5.56 Å². The van der Waals surface area contributed by atoms with E-state index in [2.05, 4.69) is 33.8 Å². The van der Waals surface area contributed by atoms with E-state index in [9.17, 15) is 8.42 Å². The molecule has 0 aliphatic carbocycles. The number of amidine groups is 1. The first-order chi connectivity index (χ1) is 13.9. The molecule has 0 aromatic heterocycles. The highest BCUT2D eigenvalue weighted by Gasteiger charge is 2.32. The minimum absolute atomic E-state index is 0.278. The molecule has 0 amide bonds. The van der Waals surface area contributed by atoms with Crippen LogP contribution in [0, 0.1) is 0 Å². The van der Waals surface area contributed by atoms with E-state index in [4.69, 9.17) is 4.74 Å². The summed E-state index contributed by atoms with van der Waals surface area (Å²) in [5.74, 6) is 1.12. The van der Waals surface area contributed by atoms with Gasteiger partial charge in [-0.2, -0.15) is 0 Å². The van der Waals surface area contributed by atoms with Crippen molar-refractivity contribution in [1.82, 2.24) is 9.62 Å². The lowest BCUT2D eigenvalue weighted by Gasteiger charge is -2.15. The maximum absolute atomic E-state index is 12.6. The SMILES string of the molecule is COc1ccc(C2=C(C)C(=NCCCN(C)Cc3ccccc3)NS2(=O)=O)cc1. The van der Waals surface area contributed by atoms with Crippen LogP contribution in [-0.4, -0.2) is 46.4 Å². The van der Waals surface area contributed by atoms with Crippen molar-refractivity contribution >= 4 is 20.8 Å². The largest absolute Gasteiger partial charge is 0.497 e. The predicted molar refractivity (Wildman–Crippen MR) is 117 cm³/mol. The molecule has 0 atom stereocenters. The van der Waals surface area contributed by atoms with Crippen LogP contribution in [0.25, 0.3) is 4.91 Å². The summed E-state index contributed by atoms with van der Waals surface area (Å²) in [4.78, 5) is 7.02. The van der Waals surface area contributed by atoms with Crippen molar-refractivity contribution in [2.24, 2.45) is 4.99 Å². The van der Waals surface area contributed by atoms with E-state index in [1.54, 1.807) is 38.3 Å². The number of sulfonamides is 1. The van der Waals surface area contributed by atoms with E-state index in [1.807, 2.05) is 18.2 Å². The van der Waals surface area contributed by atoms with Gasteiger partial charge >= 0.3 is 0 Å². The number of nitrogens with one attached hydrogen (secondary N) is 1. The van der Waals surface area contributed by atoms with Crippen LogP contribution in [-0.2, 0) is 16.6 Å². The number of methoxy groups -OCH3 is 1. The van der Waals surface area contributed by atoms with Gasteiger partial charge in [0.15, 0.2) is 0 Å². The molecular formula is C22H27N3O3S. The highest BCUT2D eigenvalue weighted by Crippen LogP contribution is 2.30. The van der Waals surface area contributed by atoms with E-state index >= 15 is 0 Å². The molecule has 0 saturated carbocycles. The van der Waals surface area contributed by atoms with Gasteiger partial charge in [-0.15, -0.1) is 0 Å². The molecular weight excluding hydrogens is 386 g/mol. The van der Waals surface area contributed by atoms with Crippen molar-refractivity contribution in [2.45, 2.75) is 19.9 Å². The highest BCUT2D eigenvalue weighted by molar-refractivity contribution is 8.00. The summed E-state index contributed by atoms with van der Waals surface area (Å²) in [6.07, 6.45) is 0.847. The second kappa shape index (κ2) is 9.24. The Morgan fingerprint density at radius 3 is 2.41 bits per heavy atom. The van der Waals surface area contributed by atoms with Gasteiger partial charge in [0.25, 0.3) is 10.0 Å². The number of aliphatic imine (C=N–C) groups is 1. The lowest BCUT2D eigenvalue weighted by Crippen LogP contribution is -2.24. The van der Waals surface area contributed by atoms with Crippen LogP contribution < -0.4 is 9.46 Å². The van der Waals surface area contributed by atoms with Gasteiger partial charge in [0.2, 0.25) is 0 Å². The number of ether oxygens (including phenoxy) is 1. The fourth-order valence-electron chi connectivity index (χ4n) is 3.33. The van der Waals surface area contributed by atoms with Gasteiger partial charge < -0.3 is 9.64 Å². The van der Waals surface area contributed by atoms with Crippen LogP contribution in [0.15, 0.2) is 65.2 Å². The van der Waals surface area contributed by atoms with Gasteiger partial charge in [-0.05, 0) is 62.3 Å². The molecule has 0 unspecified atom stereocenters. The Balaban J connectivity index is 1.63. The van der Waals surface area contributed by atoms with Gasteiger partial charge in [-0.1, -0.05) is 30.3 Å². The molecule has 1 heterocycles. The molecule has 3 rings (SSSR count). The third-order valence-electron chi connectivity index (χ3n) is 4.81. The molecule has 1 N–H and O–H groups in total. The number of hydrogen-bond donors (Lipinski definition) is 1. The van der Waals surface area contributed by atoms with Gasteiger partial charge in [0, 0.05) is 18.7 Å².